The van der Waals surface area contributed by atoms with Crippen LogP contribution in [0, 0.1) is 5.92 Å². The summed E-state index contributed by atoms with van der Waals surface area (Å²) in [5, 5.41) is 0. The molecule has 2 unspecified atom stereocenters. The van der Waals surface area contributed by atoms with Crippen LogP contribution < -0.4 is 0 Å². The van der Waals surface area contributed by atoms with E-state index in [1.165, 1.54) is 12.1 Å². The molecule has 6 heteroatoms. The lowest BCUT2D eigenvalue weighted by molar-refractivity contribution is -0.141. The zero-order valence-corrected chi connectivity index (χ0v) is 10.7. The summed E-state index contributed by atoms with van der Waals surface area (Å²) in [4.78, 5) is 15.7. The third-order valence-corrected chi connectivity index (χ3v) is 4.00. The summed E-state index contributed by atoms with van der Waals surface area (Å²) in [5.41, 5.74) is -1.39. The molecule has 0 saturated carbocycles. The largest absolute Gasteiger partial charge is 0.434 e. The van der Waals surface area contributed by atoms with Crippen molar-refractivity contribution in [2.24, 2.45) is 5.92 Å². The van der Waals surface area contributed by atoms with Crippen molar-refractivity contribution in [1.29, 1.82) is 0 Å². The number of nitrogens with zero attached hydrogens (tertiary/aromatic N) is 1. The van der Waals surface area contributed by atoms with Crippen molar-refractivity contribution >= 4 is 5.78 Å². The molecule has 0 radical (unpaired) electrons. The highest BCUT2D eigenvalue weighted by Gasteiger charge is 2.42. The number of rotatable bonds is 2. The van der Waals surface area contributed by atoms with Gasteiger partial charge >= 0.3 is 6.18 Å². The molecule has 2 aliphatic heterocycles. The first-order valence-electron chi connectivity index (χ1n) is 6.67. The van der Waals surface area contributed by atoms with E-state index < -0.39 is 17.7 Å². The van der Waals surface area contributed by atoms with Gasteiger partial charge in [-0.05, 0) is 37.8 Å². The Morgan fingerprint density at radius 1 is 1.25 bits per heavy atom. The number of hydrogen-bond acceptors (Lipinski definition) is 3. The fourth-order valence-corrected chi connectivity index (χ4v) is 3.12. The van der Waals surface area contributed by atoms with Crippen LogP contribution in [-0.4, -0.2) is 23.0 Å². The molecule has 0 amide bonds. The number of pyridine rings is 1. The van der Waals surface area contributed by atoms with E-state index in [4.69, 9.17) is 4.74 Å². The van der Waals surface area contributed by atoms with Gasteiger partial charge in [0, 0.05) is 17.7 Å². The van der Waals surface area contributed by atoms with Gasteiger partial charge < -0.3 is 4.74 Å². The number of halogens is 3. The van der Waals surface area contributed by atoms with Crippen LogP contribution in [-0.2, 0) is 10.9 Å². The molecule has 0 aliphatic carbocycles. The lowest BCUT2D eigenvalue weighted by Crippen LogP contribution is -2.31. The van der Waals surface area contributed by atoms with Gasteiger partial charge in [-0.25, -0.2) is 0 Å². The van der Waals surface area contributed by atoms with E-state index in [0.717, 1.165) is 19.0 Å². The number of ketones is 1. The van der Waals surface area contributed by atoms with Crippen LogP contribution in [0.15, 0.2) is 18.3 Å². The maximum Gasteiger partial charge on any atom is 0.434 e. The molecule has 2 bridgehead atoms. The van der Waals surface area contributed by atoms with E-state index in [2.05, 4.69) is 4.98 Å². The number of fused-ring (bicyclic) bond motifs is 2. The Labute approximate surface area is 114 Å². The minimum atomic E-state index is -4.60. The Bertz CT molecular complexity index is 517. The molecule has 20 heavy (non-hydrogen) atoms. The second-order valence-corrected chi connectivity index (χ2v) is 5.39. The quantitative estimate of drug-likeness (QED) is 0.783. The monoisotopic (exact) mass is 285 g/mol. The van der Waals surface area contributed by atoms with E-state index in [1.807, 2.05) is 0 Å². The molecule has 3 rings (SSSR count). The first-order chi connectivity index (χ1) is 9.45. The number of carbonyl (C=O) groups is 1. The van der Waals surface area contributed by atoms with E-state index in [0.29, 0.717) is 12.8 Å². The van der Waals surface area contributed by atoms with Crippen LogP contribution in [0.25, 0.3) is 0 Å². The smallest absolute Gasteiger partial charge is 0.375 e. The Balaban J connectivity index is 1.88. The summed E-state index contributed by atoms with van der Waals surface area (Å²) in [6.45, 7) is 0. The molecule has 2 fully saturated rings. The second-order valence-electron chi connectivity index (χ2n) is 5.39. The number of Topliss-reactive ketones (excluding diaryl/α,β-unsaturated/α-hetero) is 1. The molecule has 0 aromatic carbocycles. The van der Waals surface area contributed by atoms with E-state index in [1.54, 1.807) is 0 Å². The van der Waals surface area contributed by atoms with Crippen LogP contribution >= 0.6 is 0 Å². The van der Waals surface area contributed by atoms with Gasteiger partial charge in [-0.15, -0.1) is 0 Å². The van der Waals surface area contributed by atoms with Crippen LogP contribution in [0.1, 0.15) is 41.7 Å². The predicted molar refractivity (Wildman–Crippen MR) is 64.2 cm³/mol. The van der Waals surface area contributed by atoms with E-state index >= 15 is 0 Å². The number of alkyl halides is 3. The van der Waals surface area contributed by atoms with Gasteiger partial charge in [-0.2, -0.15) is 13.2 Å². The summed E-state index contributed by atoms with van der Waals surface area (Å²) in [5.74, 6) is -0.836. The Kier molecular flexibility index (Phi) is 3.28. The second kappa shape index (κ2) is 4.84. The van der Waals surface area contributed by atoms with Crippen molar-refractivity contribution in [2.45, 2.75) is 44.1 Å². The van der Waals surface area contributed by atoms with Crippen LogP contribution in [0.5, 0.6) is 0 Å². The molecule has 0 N–H and O–H groups in total. The summed E-state index contributed by atoms with van der Waals surface area (Å²) in [7, 11) is 0. The molecule has 2 atom stereocenters. The van der Waals surface area contributed by atoms with E-state index in [9.17, 15) is 18.0 Å². The van der Waals surface area contributed by atoms with Crippen LogP contribution in [0.2, 0.25) is 0 Å². The number of ether oxygens (including phenoxy) is 1. The van der Waals surface area contributed by atoms with Crippen LogP contribution in [0.3, 0.4) is 0 Å². The van der Waals surface area contributed by atoms with Gasteiger partial charge in [0.2, 0.25) is 0 Å². The number of aromatic nitrogens is 1. The Morgan fingerprint density at radius 2 is 1.90 bits per heavy atom. The predicted octanol–water partition coefficient (Wildman–Crippen LogP) is 3.24. The van der Waals surface area contributed by atoms with Crippen molar-refractivity contribution in [3.63, 3.8) is 0 Å². The molecule has 1 aromatic rings. The highest BCUT2D eigenvalue weighted by Crippen LogP contribution is 2.39. The average Bonchev–Trinajstić information content (AvgIpc) is 2.75. The summed E-state index contributed by atoms with van der Waals surface area (Å²) < 4.78 is 44.3. The Hall–Kier alpha value is -1.43. The summed E-state index contributed by atoms with van der Waals surface area (Å²) in [6, 6.07) is 2.59. The van der Waals surface area contributed by atoms with Gasteiger partial charge in [-0.1, -0.05) is 0 Å². The molecular formula is C14H14F3NO2. The summed E-state index contributed by atoms with van der Waals surface area (Å²) in [6.07, 6.45) is -0.670. The third-order valence-electron chi connectivity index (χ3n) is 4.00. The third kappa shape index (κ3) is 2.44. The molecule has 1 aromatic heterocycles. The lowest BCUT2D eigenvalue weighted by Gasteiger charge is -2.27. The van der Waals surface area contributed by atoms with Crippen molar-refractivity contribution in [3.05, 3.63) is 29.6 Å². The zero-order valence-electron chi connectivity index (χ0n) is 10.7. The van der Waals surface area contributed by atoms with E-state index in [-0.39, 0.29) is 23.7 Å². The first kappa shape index (κ1) is 13.5. The van der Waals surface area contributed by atoms with Gasteiger partial charge in [0.15, 0.2) is 11.5 Å². The van der Waals surface area contributed by atoms with Gasteiger partial charge in [-0.3, -0.25) is 9.78 Å². The minimum absolute atomic E-state index is 0.0220. The number of hydrogen-bond donors (Lipinski definition) is 0. The molecule has 3 nitrogen and oxygen atoms in total. The highest BCUT2D eigenvalue weighted by molar-refractivity contribution is 5.99. The standard InChI is InChI=1S/C14H14F3NO2/c15-14(16,17)13-11(2-1-5-18-13)12(19)8-6-9-3-4-10(7-8)20-9/h1-2,5,8-10H,3-4,6-7H2. The highest BCUT2D eigenvalue weighted by atomic mass is 19.4. The molecular weight excluding hydrogens is 271 g/mol. The first-order valence-corrected chi connectivity index (χ1v) is 6.67. The topological polar surface area (TPSA) is 39.2 Å². The average molecular weight is 285 g/mol. The van der Waals surface area contributed by atoms with Crippen molar-refractivity contribution < 1.29 is 22.7 Å². The zero-order chi connectivity index (χ0) is 14.3. The minimum Gasteiger partial charge on any atom is -0.375 e. The normalized spacial score (nSPS) is 29.4. The summed E-state index contributed by atoms with van der Waals surface area (Å²) >= 11 is 0. The molecule has 2 aliphatic rings. The fourth-order valence-electron chi connectivity index (χ4n) is 3.12. The number of carbonyl (C=O) groups excluding carboxylic acids is 1. The van der Waals surface area contributed by atoms with Crippen molar-refractivity contribution in [2.75, 3.05) is 0 Å². The van der Waals surface area contributed by atoms with Crippen LogP contribution in [0.4, 0.5) is 13.2 Å². The van der Waals surface area contributed by atoms with Gasteiger partial charge in [0.25, 0.3) is 0 Å². The van der Waals surface area contributed by atoms with Gasteiger partial charge in [0.05, 0.1) is 12.2 Å². The maximum atomic E-state index is 12.9. The molecule has 108 valence electrons. The Morgan fingerprint density at radius 3 is 2.50 bits per heavy atom. The fraction of sp³-hybridized carbons (Fsp3) is 0.571. The van der Waals surface area contributed by atoms with Crippen molar-refractivity contribution in [3.8, 4) is 0 Å². The van der Waals surface area contributed by atoms with Gasteiger partial charge in [0.1, 0.15) is 0 Å². The lowest BCUT2D eigenvalue weighted by atomic mass is 9.87. The SMILES string of the molecule is O=C(c1cccnc1C(F)(F)F)C1CC2CCC(C1)O2. The van der Waals surface area contributed by atoms with Crippen molar-refractivity contribution in [1.82, 2.24) is 4.98 Å². The molecule has 0 spiro atoms. The molecule has 2 saturated heterocycles. The molecule has 3 heterocycles. The maximum absolute atomic E-state index is 12.9.